The maximum Gasteiger partial charge on any atom is 0.160 e. The van der Waals surface area contributed by atoms with Crippen molar-refractivity contribution in [1.29, 1.82) is 0 Å². The smallest absolute Gasteiger partial charge is 0.160 e. The molecule has 1 aromatic heterocycles. The van der Waals surface area contributed by atoms with Gasteiger partial charge in [-0.15, -0.1) is 0 Å². The number of hydrogen-bond acceptors (Lipinski definition) is 3. The van der Waals surface area contributed by atoms with Crippen LogP contribution in [0.3, 0.4) is 0 Å². The molecule has 0 N–H and O–H groups in total. The molecule has 0 bridgehead atoms. The van der Waals surface area contributed by atoms with Crippen LogP contribution in [0.2, 0.25) is 0 Å². The zero-order valence-electron chi connectivity index (χ0n) is 7.55. The Bertz CT molecular complexity index is 508. The van der Waals surface area contributed by atoms with Gasteiger partial charge in [-0.1, -0.05) is 6.07 Å². The lowest BCUT2D eigenvalue weighted by atomic mass is 10.3. The van der Waals surface area contributed by atoms with Crippen molar-refractivity contribution in [3.8, 4) is 5.69 Å². The van der Waals surface area contributed by atoms with Crippen LogP contribution in [0.1, 0.15) is 10.6 Å². The molecule has 76 valence electrons. The Morgan fingerprint density at radius 1 is 1.47 bits per heavy atom. The summed E-state index contributed by atoms with van der Waals surface area (Å²) in [6, 6.07) is 5.56. The SMILES string of the molecule is O=C([O-])c1nccn1-c1cccc(F)c1. The summed E-state index contributed by atoms with van der Waals surface area (Å²) in [6.07, 6.45) is 2.75. The van der Waals surface area contributed by atoms with Crippen molar-refractivity contribution in [3.63, 3.8) is 0 Å². The Labute approximate surface area is 84.6 Å². The van der Waals surface area contributed by atoms with Crippen molar-refractivity contribution in [2.45, 2.75) is 0 Å². The molecule has 0 amide bonds. The standard InChI is InChI=1S/C10H7FN2O2/c11-7-2-1-3-8(6-7)13-5-4-12-9(13)10(14)15/h1-6H,(H,14,15)/p-1. The van der Waals surface area contributed by atoms with E-state index in [1.165, 1.54) is 35.2 Å². The third-order valence-corrected chi connectivity index (χ3v) is 1.91. The topological polar surface area (TPSA) is 57.9 Å². The maximum absolute atomic E-state index is 12.9. The average Bonchev–Trinajstić information content (AvgIpc) is 2.65. The summed E-state index contributed by atoms with van der Waals surface area (Å²) < 4.78 is 14.1. The van der Waals surface area contributed by atoms with E-state index >= 15 is 0 Å². The van der Waals surface area contributed by atoms with Gasteiger partial charge in [0.15, 0.2) is 5.82 Å². The number of aromatic carboxylic acids is 1. The summed E-state index contributed by atoms with van der Waals surface area (Å²) in [5, 5.41) is 10.7. The first-order valence-electron chi connectivity index (χ1n) is 4.19. The van der Waals surface area contributed by atoms with Gasteiger partial charge in [-0.25, -0.2) is 9.37 Å². The lowest BCUT2D eigenvalue weighted by Gasteiger charge is -2.07. The molecule has 5 heteroatoms. The Hall–Kier alpha value is -2.17. The van der Waals surface area contributed by atoms with Crippen molar-refractivity contribution in [3.05, 3.63) is 48.3 Å². The second-order valence-electron chi connectivity index (χ2n) is 2.89. The van der Waals surface area contributed by atoms with Crippen LogP contribution in [0.4, 0.5) is 4.39 Å². The van der Waals surface area contributed by atoms with E-state index in [1.807, 2.05) is 0 Å². The minimum Gasteiger partial charge on any atom is -0.542 e. The van der Waals surface area contributed by atoms with Gasteiger partial charge in [0.25, 0.3) is 0 Å². The molecular formula is C10H6FN2O2-. The largest absolute Gasteiger partial charge is 0.542 e. The molecule has 4 nitrogen and oxygen atoms in total. The molecule has 0 saturated heterocycles. The predicted molar refractivity (Wildman–Crippen MR) is 47.9 cm³/mol. The van der Waals surface area contributed by atoms with Crippen LogP contribution in [-0.2, 0) is 0 Å². The Kier molecular flexibility index (Phi) is 2.21. The van der Waals surface area contributed by atoms with E-state index in [1.54, 1.807) is 6.07 Å². The number of hydrogen-bond donors (Lipinski definition) is 0. The van der Waals surface area contributed by atoms with Gasteiger partial charge < -0.3 is 9.90 Å². The number of aromatic nitrogens is 2. The van der Waals surface area contributed by atoms with Crippen molar-refractivity contribution in [1.82, 2.24) is 9.55 Å². The quantitative estimate of drug-likeness (QED) is 0.711. The number of carbonyl (C=O) groups is 1. The van der Waals surface area contributed by atoms with Crippen LogP contribution in [0.25, 0.3) is 5.69 Å². The van der Waals surface area contributed by atoms with E-state index in [0.717, 1.165) is 0 Å². The molecule has 1 aromatic carbocycles. The molecule has 0 fully saturated rings. The molecule has 0 aliphatic carbocycles. The predicted octanol–water partition coefficient (Wildman–Crippen LogP) is 0.375. The highest BCUT2D eigenvalue weighted by Crippen LogP contribution is 2.11. The van der Waals surface area contributed by atoms with Gasteiger partial charge in [-0.3, -0.25) is 4.57 Å². The molecule has 0 aliphatic heterocycles. The summed E-state index contributed by atoms with van der Waals surface area (Å²) in [5.41, 5.74) is 0.395. The molecule has 2 rings (SSSR count). The van der Waals surface area contributed by atoms with Crippen molar-refractivity contribution >= 4 is 5.97 Å². The average molecular weight is 205 g/mol. The van der Waals surface area contributed by atoms with Crippen LogP contribution in [0.5, 0.6) is 0 Å². The van der Waals surface area contributed by atoms with Crippen LogP contribution >= 0.6 is 0 Å². The van der Waals surface area contributed by atoms with Crippen LogP contribution < -0.4 is 5.11 Å². The molecule has 15 heavy (non-hydrogen) atoms. The number of imidazole rings is 1. The maximum atomic E-state index is 12.9. The molecule has 1 heterocycles. The highest BCUT2D eigenvalue weighted by atomic mass is 19.1. The summed E-state index contributed by atoms with van der Waals surface area (Å²) >= 11 is 0. The highest BCUT2D eigenvalue weighted by Gasteiger charge is 2.05. The monoisotopic (exact) mass is 205 g/mol. The zero-order valence-corrected chi connectivity index (χ0v) is 7.55. The van der Waals surface area contributed by atoms with Gasteiger partial charge in [0, 0.05) is 18.1 Å². The molecule has 0 unspecified atom stereocenters. The summed E-state index contributed by atoms with van der Waals surface area (Å²) in [5.74, 6) is -2.09. The number of carboxylic acids is 1. The van der Waals surface area contributed by atoms with E-state index in [4.69, 9.17) is 0 Å². The third kappa shape index (κ3) is 1.71. The summed E-state index contributed by atoms with van der Waals surface area (Å²) in [4.78, 5) is 14.3. The Morgan fingerprint density at radius 2 is 2.27 bits per heavy atom. The number of benzene rings is 1. The number of nitrogens with zero attached hydrogens (tertiary/aromatic N) is 2. The van der Waals surface area contributed by atoms with E-state index in [0.29, 0.717) is 5.69 Å². The van der Waals surface area contributed by atoms with Gasteiger partial charge in [-0.05, 0) is 18.2 Å². The molecule has 0 spiro atoms. The molecule has 0 saturated carbocycles. The molecule has 0 aliphatic rings. The fourth-order valence-corrected chi connectivity index (χ4v) is 1.29. The van der Waals surface area contributed by atoms with Crippen molar-refractivity contribution < 1.29 is 14.3 Å². The third-order valence-electron chi connectivity index (χ3n) is 1.91. The molecule has 0 atom stereocenters. The normalized spacial score (nSPS) is 10.2. The van der Waals surface area contributed by atoms with E-state index in [9.17, 15) is 14.3 Å². The fraction of sp³-hybridized carbons (Fsp3) is 0. The van der Waals surface area contributed by atoms with Crippen molar-refractivity contribution in [2.75, 3.05) is 0 Å². The minimum atomic E-state index is -1.40. The van der Waals surface area contributed by atoms with E-state index in [-0.39, 0.29) is 5.82 Å². The second kappa shape index (κ2) is 3.53. The first kappa shape index (κ1) is 9.39. The fourth-order valence-electron chi connectivity index (χ4n) is 1.29. The lowest BCUT2D eigenvalue weighted by molar-refractivity contribution is -0.256. The second-order valence-corrected chi connectivity index (χ2v) is 2.89. The molecule has 2 aromatic rings. The Morgan fingerprint density at radius 3 is 2.93 bits per heavy atom. The molecule has 0 radical (unpaired) electrons. The van der Waals surface area contributed by atoms with Gasteiger partial charge in [0.2, 0.25) is 0 Å². The number of rotatable bonds is 2. The van der Waals surface area contributed by atoms with Crippen LogP contribution in [0.15, 0.2) is 36.7 Å². The summed E-state index contributed by atoms with van der Waals surface area (Å²) in [7, 11) is 0. The van der Waals surface area contributed by atoms with E-state index < -0.39 is 11.8 Å². The number of carbonyl (C=O) groups excluding carboxylic acids is 1. The Balaban J connectivity index is 2.54. The first-order valence-corrected chi connectivity index (χ1v) is 4.19. The summed E-state index contributed by atoms with van der Waals surface area (Å²) in [6.45, 7) is 0. The van der Waals surface area contributed by atoms with E-state index in [2.05, 4.69) is 4.98 Å². The number of carboxylic acid groups (broad SMARTS) is 1. The van der Waals surface area contributed by atoms with Crippen molar-refractivity contribution in [2.24, 2.45) is 0 Å². The van der Waals surface area contributed by atoms with Gasteiger partial charge in [0.1, 0.15) is 11.8 Å². The van der Waals surface area contributed by atoms with Crippen LogP contribution in [0, 0.1) is 5.82 Å². The van der Waals surface area contributed by atoms with Crippen LogP contribution in [-0.4, -0.2) is 15.5 Å². The lowest BCUT2D eigenvalue weighted by Crippen LogP contribution is -2.26. The minimum absolute atomic E-state index is 0.249. The van der Waals surface area contributed by atoms with Gasteiger partial charge >= 0.3 is 0 Å². The molecular weight excluding hydrogens is 199 g/mol. The van der Waals surface area contributed by atoms with Gasteiger partial charge in [0.05, 0.1) is 0 Å². The zero-order chi connectivity index (χ0) is 10.8. The first-order chi connectivity index (χ1) is 7.18. The van der Waals surface area contributed by atoms with Gasteiger partial charge in [-0.2, -0.15) is 0 Å². The number of halogens is 1. The highest BCUT2D eigenvalue weighted by molar-refractivity contribution is 5.82.